The maximum atomic E-state index is 12.6. The lowest BCUT2D eigenvalue weighted by molar-refractivity contribution is -0.225. The minimum atomic E-state index is -0.770. The molecule has 3 heterocycles. The summed E-state index contributed by atoms with van der Waals surface area (Å²) >= 11 is 0. The average Bonchev–Trinajstić information content (AvgIpc) is 3.44. The van der Waals surface area contributed by atoms with Crippen LogP contribution in [0.1, 0.15) is 58.0 Å². The van der Waals surface area contributed by atoms with E-state index in [2.05, 4.69) is 11.9 Å². The molecule has 5 atom stereocenters. The van der Waals surface area contributed by atoms with Crippen LogP contribution in [0.15, 0.2) is 42.7 Å². The lowest BCUT2D eigenvalue weighted by atomic mass is 9.99. The summed E-state index contributed by atoms with van der Waals surface area (Å²) in [6.07, 6.45) is 3.63. The van der Waals surface area contributed by atoms with Gasteiger partial charge in [0.15, 0.2) is 12.1 Å². The van der Waals surface area contributed by atoms with Gasteiger partial charge >= 0.3 is 5.97 Å². The number of esters is 1. The minimum Gasteiger partial charge on any atom is -0.466 e. The third-order valence-electron chi connectivity index (χ3n) is 5.95. The van der Waals surface area contributed by atoms with Crippen molar-refractivity contribution in [3.05, 3.63) is 54.1 Å². The normalized spacial score (nSPS) is 26.8. The number of aromatic nitrogens is 2. The molecule has 0 spiro atoms. The molecule has 0 saturated carbocycles. The van der Waals surface area contributed by atoms with Gasteiger partial charge in [-0.05, 0) is 32.8 Å². The zero-order valence-corrected chi connectivity index (χ0v) is 19.8. The molecule has 4 rings (SSSR count). The molecule has 1 aromatic carbocycles. The van der Waals surface area contributed by atoms with E-state index < -0.39 is 30.4 Å². The third kappa shape index (κ3) is 5.46. The number of aryl methyl sites for hydroxylation is 1. The lowest BCUT2D eigenvalue weighted by Crippen LogP contribution is -2.42. The van der Waals surface area contributed by atoms with Crippen molar-refractivity contribution in [3.8, 4) is 0 Å². The predicted molar refractivity (Wildman–Crippen MR) is 120 cm³/mol. The van der Waals surface area contributed by atoms with E-state index in [1.807, 2.05) is 54.9 Å². The van der Waals surface area contributed by atoms with E-state index in [4.69, 9.17) is 23.7 Å². The molecule has 2 aliphatic rings. The quantitative estimate of drug-likeness (QED) is 0.501. The smallest absolute Gasteiger partial charge is 0.307 e. The molecule has 0 amide bonds. The van der Waals surface area contributed by atoms with Crippen LogP contribution in [0.4, 0.5) is 0 Å². The highest BCUT2D eigenvalue weighted by Gasteiger charge is 2.57. The van der Waals surface area contributed by atoms with Gasteiger partial charge in [0.05, 0.1) is 25.7 Å². The van der Waals surface area contributed by atoms with Gasteiger partial charge in [-0.2, -0.15) is 0 Å². The standard InChI is InChI=1S/C25H34N2O6/c1-5-10-19-26-13-14-27(19)18(15-20(28)29-6-2)21-22(30-16-17-11-8-7-9-12-17)23-24(31-21)33-25(3,4)32-23/h7-9,11-14,18,21-24H,5-6,10,15-16H2,1-4H3/t18?,21?,22-,23+,24+/m1/s1. The summed E-state index contributed by atoms with van der Waals surface area (Å²) in [4.78, 5) is 17.1. The monoisotopic (exact) mass is 458 g/mol. The zero-order chi connectivity index (χ0) is 23.4. The molecule has 2 fully saturated rings. The molecule has 180 valence electrons. The van der Waals surface area contributed by atoms with E-state index in [-0.39, 0.29) is 18.4 Å². The van der Waals surface area contributed by atoms with Crippen LogP contribution in [-0.2, 0) is 41.5 Å². The minimum absolute atomic E-state index is 0.139. The number of imidazole rings is 1. The zero-order valence-electron chi connectivity index (χ0n) is 19.8. The molecule has 2 aromatic rings. The summed E-state index contributed by atoms with van der Waals surface area (Å²) in [5, 5.41) is 0. The van der Waals surface area contributed by atoms with E-state index >= 15 is 0 Å². The maximum Gasteiger partial charge on any atom is 0.307 e. The topological polar surface area (TPSA) is 81.0 Å². The van der Waals surface area contributed by atoms with Crippen molar-refractivity contribution in [3.63, 3.8) is 0 Å². The van der Waals surface area contributed by atoms with Crippen molar-refractivity contribution < 1.29 is 28.5 Å². The summed E-state index contributed by atoms with van der Waals surface area (Å²) in [5.74, 6) is -0.159. The van der Waals surface area contributed by atoms with Crippen molar-refractivity contribution in [2.24, 2.45) is 0 Å². The molecule has 8 heteroatoms. The highest BCUT2D eigenvalue weighted by molar-refractivity contribution is 5.70. The van der Waals surface area contributed by atoms with E-state index in [9.17, 15) is 4.79 Å². The van der Waals surface area contributed by atoms with Crippen molar-refractivity contribution in [2.75, 3.05) is 6.61 Å². The predicted octanol–water partition coefficient (Wildman–Crippen LogP) is 3.79. The number of hydrogen-bond acceptors (Lipinski definition) is 7. The van der Waals surface area contributed by atoms with Gasteiger partial charge in [0.1, 0.15) is 24.1 Å². The highest BCUT2D eigenvalue weighted by atomic mass is 16.8. The molecule has 2 aliphatic heterocycles. The first kappa shape index (κ1) is 23.9. The van der Waals surface area contributed by atoms with Gasteiger partial charge in [-0.1, -0.05) is 37.3 Å². The fourth-order valence-corrected chi connectivity index (χ4v) is 4.60. The summed E-state index contributed by atoms with van der Waals surface area (Å²) in [5.41, 5.74) is 1.05. The van der Waals surface area contributed by atoms with Crippen LogP contribution in [0.3, 0.4) is 0 Å². The fourth-order valence-electron chi connectivity index (χ4n) is 4.60. The Kier molecular flexibility index (Phi) is 7.48. The van der Waals surface area contributed by atoms with Gasteiger partial charge in [-0.15, -0.1) is 0 Å². The fraction of sp³-hybridized carbons (Fsp3) is 0.600. The van der Waals surface area contributed by atoms with Crippen molar-refractivity contribution in [2.45, 2.75) is 90.0 Å². The molecular weight excluding hydrogens is 424 g/mol. The van der Waals surface area contributed by atoms with Crippen LogP contribution in [-0.4, -0.2) is 52.5 Å². The number of nitrogens with zero attached hydrogens (tertiary/aromatic N) is 2. The van der Waals surface area contributed by atoms with Crippen LogP contribution < -0.4 is 0 Å². The Hall–Kier alpha value is -2.26. The van der Waals surface area contributed by atoms with Crippen LogP contribution in [0.5, 0.6) is 0 Å². The van der Waals surface area contributed by atoms with Gasteiger partial charge in [0.25, 0.3) is 0 Å². The Labute approximate surface area is 195 Å². The molecule has 2 saturated heterocycles. The second-order valence-corrected chi connectivity index (χ2v) is 8.91. The van der Waals surface area contributed by atoms with Gasteiger partial charge in [0, 0.05) is 18.8 Å². The number of rotatable bonds is 10. The summed E-state index contributed by atoms with van der Waals surface area (Å²) < 4.78 is 32.3. The van der Waals surface area contributed by atoms with E-state index in [1.165, 1.54) is 0 Å². The number of hydrogen-bond donors (Lipinski definition) is 0. The number of benzene rings is 1. The molecule has 33 heavy (non-hydrogen) atoms. The van der Waals surface area contributed by atoms with Crippen molar-refractivity contribution >= 4 is 5.97 Å². The highest BCUT2D eigenvalue weighted by Crippen LogP contribution is 2.43. The Morgan fingerprint density at radius 1 is 1.21 bits per heavy atom. The third-order valence-corrected chi connectivity index (χ3v) is 5.95. The van der Waals surface area contributed by atoms with Crippen LogP contribution in [0, 0.1) is 0 Å². The van der Waals surface area contributed by atoms with Crippen LogP contribution in [0.25, 0.3) is 0 Å². The van der Waals surface area contributed by atoms with Gasteiger partial charge in [-0.3, -0.25) is 4.79 Å². The number of ether oxygens (including phenoxy) is 5. The summed E-state index contributed by atoms with van der Waals surface area (Å²) in [7, 11) is 0. The first-order chi connectivity index (χ1) is 15.9. The van der Waals surface area contributed by atoms with Crippen LogP contribution in [0.2, 0.25) is 0 Å². The van der Waals surface area contributed by atoms with Gasteiger partial charge < -0.3 is 28.3 Å². The molecular formula is C25H34N2O6. The average molecular weight is 459 g/mol. The second-order valence-electron chi connectivity index (χ2n) is 8.91. The van der Waals surface area contributed by atoms with Crippen LogP contribution >= 0.6 is 0 Å². The van der Waals surface area contributed by atoms with Gasteiger partial charge in [-0.25, -0.2) is 4.98 Å². The van der Waals surface area contributed by atoms with E-state index in [0.29, 0.717) is 13.2 Å². The number of carbonyl (C=O) groups is 1. The Morgan fingerprint density at radius 2 is 2.00 bits per heavy atom. The Balaban J connectivity index is 1.63. The molecule has 0 aliphatic carbocycles. The molecule has 0 N–H and O–H groups in total. The Morgan fingerprint density at radius 3 is 2.73 bits per heavy atom. The SMILES string of the molecule is CCCc1nccn1C(CC(=O)OCC)C1O[C@H]2OC(C)(C)O[C@H]2[C@@H]1OCc1ccccc1. The van der Waals surface area contributed by atoms with E-state index in [0.717, 1.165) is 24.2 Å². The van der Waals surface area contributed by atoms with Gasteiger partial charge in [0.2, 0.25) is 0 Å². The molecule has 2 unspecified atom stereocenters. The molecule has 0 radical (unpaired) electrons. The molecule has 8 nitrogen and oxygen atoms in total. The maximum absolute atomic E-state index is 12.6. The first-order valence-corrected chi connectivity index (χ1v) is 11.8. The summed E-state index contributed by atoms with van der Waals surface area (Å²) in [6, 6.07) is 9.60. The second kappa shape index (κ2) is 10.3. The largest absolute Gasteiger partial charge is 0.466 e. The summed E-state index contributed by atoms with van der Waals surface area (Å²) in [6.45, 7) is 8.36. The number of carbonyl (C=O) groups excluding carboxylic acids is 1. The first-order valence-electron chi connectivity index (χ1n) is 11.8. The Bertz CT molecular complexity index is 915. The van der Waals surface area contributed by atoms with Crippen molar-refractivity contribution in [1.29, 1.82) is 0 Å². The van der Waals surface area contributed by atoms with E-state index in [1.54, 1.807) is 13.1 Å². The molecule has 0 bridgehead atoms. The number of fused-ring (bicyclic) bond motifs is 1. The molecule has 1 aromatic heterocycles. The lowest BCUT2D eigenvalue weighted by Gasteiger charge is -2.32. The van der Waals surface area contributed by atoms with Crippen molar-refractivity contribution in [1.82, 2.24) is 9.55 Å².